The first-order valence-electron chi connectivity index (χ1n) is 5.38. The molecule has 0 saturated heterocycles. The number of benzene rings is 1. The molecule has 0 aliphatic carbocycles. The van der Waals surface area contributed by atoms with Crippen LogP contribution in [-0.4, -0.2) is 9.55 Å². The van der Waals surface area contributed by atoms with Crippen LogP contribution in [-0.2, 0) is 13.1 Å². The summed E-state index contributed by atoms with van der Waals surface area (Å²) in [7, 11) is 0. The van der Waals surface area contributed by atoms with Crippen molar-refractivity contribution in [1.82, 2.24) is 9.55 Å². The van der Waals surface area contributed by atoms with Gasteiger partial charge in [0.1, 0.15) is 0 Å². The molecule has 1 heterocycles. The van der Waals surface area contributed by atoms with Crippen LogP contribution in [0.4, 0.5) is 5.69 Å². The monoisotopic (exact) mass is 313 g/mol. The first-order chi connectivity index (χ1) is 8.20. The van der Waals surface area contributed by atoms with E-state index in [2.05, 4.69) is 37.7 Å². The molecule has 17 heavy (non-hydrogen) atoms. The SMILES string of the molecule is CCn1cncc1CNc1ccc(Cl)c(Br)c1. The summed E-state index contributed by atoms with van der Waals surface area (Å²) in [5.41, 5.74) is 2.20. The van der Waals surface area contributed by atoms with Crippen LogP contribution in [0.5, 0.6) is 0 Å². The van der Waals surface area contributed by atoms with Gasteiger partial charge in [-0.15, -0.1) is 0 Å². The number of imidazole rings is 1. The van der Waals surface area contributed by atoms with Crippen LogP contribution in [0, 0.1) is 0 Å². The highest BCUT2D eigenvalue weighted by Crippen LogP contribution is 2.25. The smallest absolute Gasteiger partial charge is 0.0948 e. The minimum absolute atomic E-state index is 0.717. The van der Waals surface area contributed by atoms with Gasteiger partial charge < -0.3 is 9.88 Å². The molecular formula is C12H13BrClN3. The van der Waals surface area contributed by atoms with Gasteiger partial charge in [-0.1, -0.05) is 11.6 Å². The van der Waals surface area contributed by atoms with E-state index in [-0.39, 0.29) is 0 Å². The second kappa shape index (κ2) is 5.56. The lowest BCUT2D eigenvalue weighted by atomic mass is 10.3. The molecule has 1 aromatic carbocycles. The molecule has 5 heteroatoms. The zero-order chi connectivity index (χ0) is 12.3. The molecule has 0 saturated carbocycles. The highest BCUT2D eigenvalue weighted by atomic mass is 79.9. The summed E-state index contributed by atoms with van der Waals surface area (Å²) in [6, 6.07) is 5.79. The summed E-state index contributed by atoms with van der Waals surface area (Å²) < 4.78 is 3.01. The van der Waals surface area contributed by atoms with Gasteiger partial charge in [0.05, 0.1) is 23.6 Å². The maximum absolute atomic E-state index is 5.94. The normalized spacial score (nSPS) is 10.5. The largest absolute Gasteiger partial charge is 0.379 e. The lowest BCUT2D eigenvalue weighted by molar-refractivity contribution is 0.719. The van der Waals surface area contributed by atoms with Gasteiger partial charge in [0.25, 0.3) is 0 Å². The third-order valence-electron chi connectivity index (χ3n) is 2.53. The molecule has 0 unspecified atom stereocenters. The Hall–Kier alpha value is -1.000. The van der Waals surface area contributed by atoms with Crippen molar-refractivity contribution in [2.45, 2.75) is 20.0 Å². The van der Waals surface area contributed by atoms with Crippen LogP contribution in [0.15, 0.2) is 35.2 Å². The third kappa shape index (κ3) is 3.01. The summed E-state index contributed by atoms with van der Waals surface area (Å²) in [6.07, 6.45) is 3.72. The van der Waals surface area contributed by atoms with Gasteiger partial charge in [-0.25, -0.2) is 4.98 Å². The van der Waals surface area contributed by atoms with Gasteiger partial charge in [-0.3, -0.25) is 0 Å². The number of aryl methyl sites for hydroxylation is 1. The first-order valence-corrected chi connectivity index (χ1v) is 6.55. The summed E-state index contributed by atoms with van der Waals surface area (Å²) in [5, 5.41) is 4.06. The van der Waals surface area contributed by atoms with E-state index in [0.29, 0.717) is 5.02 Å². The molecule has 0 radical (unpaired) electrons. The molecule has 0 aliphatic heterocycles. The quantitative estimate of drug-likeness (QED) is 0.926. The van der Waals surface area contributed by atoms with E-state index in [1.54, 1.807) is 0 Å². The fourth-order valence-corrected chi connectivity index (χ4v) is 2.08. The molecule has 0 bridgehead atoms. The maximum Gasteiger partial charge on any atom is 0.0948 e. The van der Waals surface area contributed by atoms with Crippen LogP contribution in [0.25, 0.3) is 0 Å². The molecule has 90 valence electrons. The molecule has 3 nitrogen and oxygen atoms in total. The van der Waals surface area contributed by atoms with E-state index in [1.165, 1.54) is 5.69 Å². The van der Waals surface area contributed by atoms with Crippen molar-refractivity contribution >= 4 is 33.2 Å². The minimum Gasteiger partial charge on any atom is -0.379 e. The molecule has 2 rings (SSSR count). The molecule has 0 fully saturated rings. The van der Waals surface area contributed by atoms with Crippen molar-refractivity contribution in [2.75, 3.05) is 5.32 Å². The average molecular weight is 315 g/mol. The Morgan fingerprint density at radius 3 is 3.00 bits per heavy atom. The van der Waals surface area contributed by atoms with Crippen molar-refractivity contribution in [3.63, 3.8) is 0 Å². The Labute approximate surface area is 114 Å². The lowest BCUT2D eigenvalue weighted by Gasteiger charge is -2.09. The van der Waals surface area contributed by atoms with Crippen LogP contribution < -0.4 is 5.32 Å². The van der Waals surface area contributed by atoms with Gasteiger partial charge in [0, 0.05) is 22.9 Å². The number of rotatable bonds is 4. The van der Waals surface area contributed by atoms with E-state index < -0.39 is 0 Å². The third-order valence-corrected chi connectivity index (χ3v) is 3.75. The van der Waals surface area contributed by atoms with Crippen molar-refractivity contribution in [2.24, 2.45) is 0 Å². The molecule has 0 spiro atoms. The number of halogens is 2. The van der Waals surface area contributed by atoms with Crippen molar-refractivity contribution in [3.8, 4) is 0 Å². The topological polar surface area (TPSA) is 29.9 Å². The molecule has 0 amide bonds. The highest BCUT2D eigenvalue weighted by molar-refractivity contribution is 9.10. The Balaban J connectivity index is 2.05. The summed E-state index contributed by atoms with van der Waals surface area (Å²) >= 11 is 9.34. The van der Waals surface area contributed by atoms with E-state index in [1.807, 2.05) is 30.7 Å². The number of hydrogen-bond donors (Lipinski definition) is 1. The predicted octanol–water partition coefficient (Wildman–Crippen LogP) is 3.93. The fraction of sp³-hybridized carbons (Fsp3) is 0.250. The number of hydrogen-bond acceptors (Lipinski definition) is 2. The zero-order valence-corrected chi connectivity index (χ0v) is 11.8. The predicted molar refractivity (Wildman–Crippen MR) is 74.4 cm³/mol. The van der Waals surface area contributed by atoms with Gasteiger partial charge in [0.2, 0.25) is 0 Å². The maximum atomic E-state index is 5.94. The minimum atomic E-state index is 0.717. The van der Waals surface area contributed by atoms with Gasteiger partial charge in [-0.2, -0.15) is 0 Å². The van der Waals surface area contributed by atoms with Crippen molar-refractivity contribution in [1.29, 1.82) is 0 Å². The van der Waals surface area contributed by atoms with Crippen molar-refractivity contribution < 1.29 is 0 Å². The number of aromatic nitrogens is 2. The van der Waals surface area contributed by atoms with Gasteiger partial charge in [-0.05, 0) is 41.1 Å². The van der Waals surface area contributed by atoms with Crippen LogP contribution in [0.2, 0.25) is 5.02 Å². The molecule has 0 atom stereocenters. The molecule has 1 aromatic heterocycles. The number of anilines is 1. The number of nitrogens with zero attached hydrogens (tertiary/aromatic N) is 2. The average Bonchev–Trinajstić information content (AvgIpc) is 2.78. The van der Waals surface area contributed by atoms with Crippen LogP contribution in [0.3, 0.4) is 0 Å². The number of nitrogens with one attached hydrogen (secondary N) is 1. The standard InChI is InChI=1S/C12H13BrClN3/c1-2-17-8-15-6-10(17)7-16-9-3-4-12(14)11(13)5-9/h3-6,8,16H,2,7H2,1H3. The molecule has 2 aromatic rings. The molecule has 1 N–H and O–H groups in total. The van der Waals surface area contributed by atoms with Crippen LogP contribution >= 0.6 is 27.5 Å². The van der Waals surface area contributed by atoms with Crippen LogP contribution in [0.1, 0.15) is 12.6 Å². The fourth-order valence-electron chi connectivity index (χ4n) is 1.58. The van der Waals surface area contributed by atoms with Gasteiger partial charge >= 0.3 is 0 Å². The van der Waals surface area contributed by atoms with E-state index in [4.69, 9.17) is 11.6 Å². The summed E-state index contributed by atoms with van der Waals surface area (Å²) in [5.74, 6) is 0. The Morgan fingerprint density at radius 2 is 2.29 bits per heavy atom. The van der Waals surface area contributed by atoms with E-state index in [9.17, 15) is 0 Å². The zero-order valence-electron chi connectivity index (χ0n) is 9.45. The van der Waals surface area contributed by atoms with Crippen molar-refractivity contribution in [3.05, 3.63) is 45.9 Å². The molecule has 0 aliphatic rings. The summed E-state index contributed by atoms with van der Waals surface area (Å²) in [4.78, 5) is 4.13. The second-order valence-corrected chi connectivity index (χ2v) is 4.91. The Bertz CT molecular complexity index is 510. The second-order valence-electron chi connectivity index (χ2n) is 3.65. The highest BCUT2D eigenvalue weighted by Gasteiger charge is 2.02. The first kappa shape index (κ1) is 12.5. The Kier molecular flexibility index (Phi) is 4.07. The summed E-state index contributed by atoms with van der Waals surface area (Å²) in [6.45, 7) is 3.79. The van der Waals surface area contributed by atoms with E-state index >= 15 is 0 Å². The van der Waals surface area contributed by atoms with E-state index in [0.717, 1.165) is 23.2 Å². The Morgan fingerprint density at radius 1 is 1.47 bits per heavy atom. The molecular weight excluding hydrogens is 302 g/mol. The van der Waals surface area contributed by atoms with Gasteiger partial charge in [0.15, 0.2) is 0 Å². The lowest BCUT2D eigenvalue weighted by Crippen LogP contribution is -2.05.